The molecule has 0 unspecified atom stereocenters. The van der Waals surface area contributed by atoms with Crippen LogP contribution in [0.3, 0.4) is 0 Å². The van der Waals surface area contributed by atoms with E-state index in [0.29, 0.717) is 6.61 Å². The van der Waals surface area contributed by atoms with E-state index in [-0.39, 0.29) is 5.97 Å². The molecule has 4 heteroatoms. The monoisotopic (exact) mass is 248 g/mol. The minimum Gasteiger partial charge on any atom is -0.463 e. The molecule has 0 aliphatic rings. The molecule has 0 aliphatic carbocycles. The molecule has 0 rings (SSSR count). The van der Waals surface area contributed by atoms with Crippen LogP contribution in [-0.2, 0) is 9.53 Å². The van der Waals surface area contributed by atoms with Crippen LogP contribution in [0.5, 0.6) is 0 Å². The van der Waals surface area contributed by atoms with Gasteiger partial charge >= 0.3 is 5.97 Å². The second-order valence-corrected chi connectivity index (χ2v) is 5.51. The Morgan fingerprint density at radius 1 is 1.07 bits per heavy atom. The number of hydrogen-bond donors (Lipinski definition) is 0. The van der Waals surface area contributed by atoms with Crippen LogP contribution in [0.2, 0.25) is 0 Å². The molecular formula is C11H20O2S2. The summed E-state index contributed by atoms with van der Waals surface area (Å²) in [5.41, 5.74) is 0.829. The Balaban J connectivity index is 4.76. The first-order valence-corrected chi connectivity index (χ1v) is 7.34. The van der Waals surface area contributed by atoms with Gasteiger partial charge in [0.15, 0.2) is 0 Å². The first kappa shape index (κ1) is 14.9. The fourth-order valence-corrected chi connectivity index (χ4v) is 3.44. The lowest BCUT2D eigenvalue weighted by atomic mass is 10.2. The molecule has 0 aromatic heterocycles. The van der Waals surface area contributed by atoms with Crippen molar-refractivity contribution >= 4 is 29.5 Å². The molecule has 0 bridgehead atoms. The number of hydrogen-bond acceptors (Lipinski definition) is 4. The highest BCUT2D eigenvalue weighted by Crippen LogP contribution is 2.33. The number of carbonyl (C=O) groups excluding carboxylic acids is 1. The number of esters is 1. The molecule has 0 aromatic carbocycles. The molecular weight excluding hydrogens is 228 g/mol. The smallest absolute Gasteiger partial charge is 0.335 e. The normalized spacial score (nSPS) is 9.87. The average Bonchev–Trinajstić information content (AvgIpc) is 2.20. The van der Waals surface area contributed by atoms with Crippen molar-refractivity contribution in [3.8, 4) is 0 Å². The van der Waals surface area contributed by atoms with Gasteiger partial charge in [0.2, 0.25) is 0 Å². The Kier molecular flexibility index (Phi) is 9.10. The molecule has 0 saturated carbocycles. The van der Waals surface area contributed by atoms with E-state index in [9.17, 15) is 4.79 Å². The quantitative estimate of drug-likeness (QED) is 0.507. The highest BCUT2D eigenvalue weighted by atomic mass is 32.2. The van der Waals surface area contributed by atoms with Crippen LogP contribution >= 0.6 is 23.5 Å². The summed E-state index contributed by atoms with van der Waals surface area (Å²) in [6, 6.07) is 0. The predicted octanol–water partition coefficient (Wildman–Crippen LogP) is 3.68. The van der Waals surface area contributed by atoms with Gasteiger partial charge in [-0.3, -0.25) is 0 Å². The van der Waals surface area contributed by atoms with Gasteiger partial charge in [-0.2, -0.15) is 0 Å². The average molecular weight is 248 g/mol. The van der Waals surface area contributed by atoms with E-state index in [4.69, 9.17) is 4.74 Å². The standard InChI is InChI=1S/C11H20O2S2/c1-5-9(10(12)13-6-2)11(14-7-3)15-8-4/h5-8H2,1-4H3. The Morgan fingerprint density at radius 3 is 1.93 bits per heavy atom. The molecule has 0 amide bonds. The molecule has 0 aliphatic heterocycles. The topological polar surface area (TPSA) is 26.3 Å². The molecule has 15 heavy (non-hydrogen) atoms. The molecule has 88 valence electrons. The van der Waals surface area contributed by atoms with E-state index >= 15 is 0 Å². The number of rotatable bonds is 7. The van der Waals surface area contributed by atoms with Gasteiger partial charge in [-0.15, -0.1) is 23.5 Å². The van der Waals surface area contributed by atoms with Crippen molar-refractivity contribution in [2.45, 2.75) is 34.1 Å². The van der Waals surface area contributed by atoms with Gasteiger partial charge in [0, 0.05) is 0 Å². The van der Waals surface area contributed by atoms with E-state index < -0.39 is 0 Å². The molecule has 0 radical (unpaired) electrons. The molecule has 0 N–H and O–H groups in total. The largest absolute Gasteiger partial charge is 0.463 e. The van der Waals surface area contributed by atoms with Crippen LogP contribution in [0.4, 0.5) is 0 Å². The zero-order valence-corrected chi connectivity index (χ0v) is 11.6. The van der Waals surface area contributed by atoms with Crippen LogP contribution < -0.4 is 0 Å². The second kappa shape index (κ2) is 9.16. The van der Waals surface area contributed by atoms with Crippen LogP contribution in [0.25, 0.3) is 0 Å². The third-order valence-electron chi connectivity index (χ3n) is 1.67. The maximum absolute atomic E-state index is 11.7. The van der Waals surface area contributed by atoms with Crippen LogP contribution in [-0.4, -0.2) is 24.1 Å². The Labute approximate surface area is 101 Å². The number of ether oxygens (including phenoxy) is 1. The molecule has 0 fully saturated rings. The lowest BCUT2D eigenvalue weighted by Gasteiger charge is -2.10. The maximum atomic E-state index is 11.7. The summed E-state index contributed by atoms with van der Waals surface area (Å²) in [7, 11) is 0. The molecule has 0 saturated heterocycles. The number of carbonyl (C=O) groups is 1. The Bertz CT molecular complexity index is 217. The molecule has 0 spiro atoms. The van der Waals surface area contributed by atoms with Crippen LogP contribution in [0.15, 0.2) is 9.81 Å². The second-order valence-electron chi connectivity index (χ2n) is 2.71. The van der Waals surface area contributed by atoms with Gasteiger partial charge < -0.3 is 4.74 Å². The van der Waals surface area contributed by atoms with E-state index in [1.54, 1.807) is 23.5 Å². The summed E-state index contributed by atoms with van der Waals surface area (Å²) in [6.45, 7) is 8.48. The highest BCUT2D eigenvalue weighted by molar-refractivity contribution is 8.22. The molecule has 0 aromatic rings. The number of thioether (sulfide) groups is 2. The third-order valence-corrected chi connectivity index (χ3v) is 3.97. The van der Waals surface area contributed by atoms with Crippen molar-refractivity contribution in [1.82, 2.24) is 0 Å². The fraction of sp³-hybridized carbons (Fsp3) is 0.727. The van der Waals surface area contributed by atoms with Gasteiger partial charge in [-0.25, -0.2) is 4.79 Å². The lowest BCUT2D eigenvalue weighted by molar-refractivity contribution is -0.138. The summed E-state index contributed by atoms with van der Waals surface area (Å²) in [5, 5.41) is 0. The molecule has 2 nitrogen and oxygen atoms in total. The molecule has 0 heterocycles. The van der Waals surface area contributed by atoms with Crippen molar-refractivity contribution in [2.24, 2.45) is 0 Å². The van der Waals surface area contributed by atoms with Crippen molar-refractivity contribution in [2.75, 3.05) is 18.1 Å². The summed E-state index contributed by atoms with van der Waals surface area (Å²) in [4.78, 5) is 11.7. The van der Waals surface area contributed by atoms with Crippen molar-refractivity contribution < 1.29 is 9.53 Å². The van der Waals surface area contributed by atoms with Crippen LogP contribution in [0.1, 0.15) is 34.1 Å². The first-order valence-electron chi connectivity index (χ1n) is 5.36. The Hall–Kier alpha value is -0.0900. The molecule has 0 atom stereocenters. The fourth-order valence-electron chi connectivity index (χ4n) is 1.07. The van der Waals surface area contributed by atoms with Crippen LogP contribution in [0, 0.1) is 0 Å². The Morgan fingerprint density at radius 2 is 1.60 bits per heavy atom. The summed E-state index contributed by atoms with van der Waals surface area (Å²) < 4.78 is 6.17. The first-order chi connectivity index (χ1) is 7.21. The summed E-state index contributed by atoms with van der Waals surface area (Å²) in [6.07, 6.45) is 0.744. The van der Waals surface area contributed by atoms with E-state index in [2.05, 4.69) is 13.8 Å². The maximum Gasteiger partial charge on any atom is 0.335 e. The minimum absolute atomic E-state index is 0.156. The lowest BCUT2D eigenvalue weighted by Crippen LogP contribution is -2.08. The van der Waals surface area contributed by atoms with E-state index in [0.717, 1.165) is 27.7 Å². The van der Waals surface area contributed by atoms with Gasteiger partial charge in [-0.05, 0) is 24.9 Å². The predicted molar refractivity (Wildman–Crippen MR) is 70.2 cm³/mol. The van der Waals surface area contributed by atoms with E-state index in [1.807, 2.05) is 13.8 Å². The van der Waals surface area contributed by atoms with Crippen molar-refractivity contribution in [1.29, 1.82) is 0 Å². The zero-order chi connectivity index (χ0) is 11.7. The SMILES string of the molecule is CCOC(=O)C(CC)=C(SCC)SCC. The summed E-state index contributed by atoms with van der Waals surface area (Å²) >= 11 is 3.46. The third kappa shape index (κ3) is 5.52. The van der Waals surface area contributed by atoms with Crippen molar-refractivity contribution in [3.05, 3.63) is 9.81 Å². The van der Waals surface area contributed by atoms with Gasteiger partial charge in [0.25, 0.3) is 0 Å². The van der Waals surface area contributed by atoms with Gasteiger partial charge in [-0.1, -0.05) is 20.8 Å². The van der Waals surface area contributed by atoms with Gasteiger partial charge in [0.05, 0.1) is 16.4 Å². The minimum atomic E-state index is -0.156. The van der Waals surface area contributed by atoms with Gasteiger partial charge in [0.1, 0.15) is 0 Å². The summed E-state index contributed by atoms with van der Waals surface area (Å²) in [5.74, 6) is 1.83. The zero-order valence-electron chi connectivity index (χ0n) is 9.96. The van der Waals surface area contributed by atoms with Crippen molar-refractivity contribution in [3.63, 3.8) is 0 Å². The highest BCUT2D eigenvalue weighted by Gasteiger charge is 2.14. The van der Waals surface area contributed by atoms with E-state index in [1.165, 1.54) is 0 Å².